The van der Waals surface area contributed by atoms with Crippen molar-refractivity contribution in [2.24, 2.45) is 0 Å². The number of hydrogen-bond donors (Lipinski definition) is 1. The number of hydrogen-bond acceptors (Lipinski definition) is 5. The van der Waals surface area contributed by atoms with Crippen LogP contribution in [-0.2, 0) is 9.53 Å². The summed E-state index contributed by atoms with van der Waals surface area (Å²) in [5.74, 6) is 3.01. The van der Waals surface area contributed by atoms with Crippen LogP contribution in [0.25, 0.3) is 10.9 Å². The molecular weight excluding hydrogens is 376 g/mol. The Bertz CT molecular complexity index is 1060. The van der Waals surface area contributed by atoms with Gasteiger partial charge in [-0.3, -0.25) is 4.79 Å². The Morgan fingerprint density at radius 3 is 2.86 bits per heavy atom. The minimum Gasteiger partial charge on any atom is -0.370 e. The summed E-state index contributed by atoms with van der Waals surface area (Å²) in [5.41, 5.74) is 3.19. The van der Waals surface area contributed by atoms with Crippen molar-refractivity contribution >= 4 is 40.5 Å². The number of fused-ring (bicyclic) bond motifs is 1. The number of anilines is 2. The summed E-state index contributed by atoms with van der Waals surface area (Å²) in [6.45, 7) is 1.73. The highest BCUT2D eigenvalue weighted by Crippen LogP contribution is 2.27. The van der Waals surface area contributed by atoms with Crippen LogP contribution >= 0.6 is 11.6 Å². The van der Waals surface area contributed by atoms with Crippen LogP contribution < -0.4 is 5.32 Å². The predicted molar refractivity (Wildman–Crippen MR) is 109 cm³/mol. The molecule has 2 heterocycles. The molecule has 28 heavy (non-hydrogen) atoms. The fourth-order valence-corrected chi connectivity index (χ4v) is 3.38. The van der Waals surface area contributed by atoms with E-state index < -0.39 is 0 Å². The molecule has 1 aliphatic heterocycles. The molecule has 1 atom stereocenters. The Labute approximate surface area is 167 Å². The van der Waals surface area contributed by atoms with Crippen molar-refractivity contribution in [3.63, 3.8) is 0 Å². The largest absolute Gasteiger partial charge is 0.370 e. The van der Waals surface area contributed by atoms with Crippen molar-refractivity contribution in [1.29, 1.82) is 0 Å². The van der Waals surface area contributed by atoms with E-state index >= 15 is 0 Å². The third-order valence-electron chi connectivity index (χ3n) is 4.64. The molecular formula is C21H17ClN4O2. The number of nitrogens with zero attached hydrogens (tertiary/aromatic N) is 3. The molecule has 0 aliphatic carbocycles. The van der Waals surface area contributed by atoms with E-state index in [9.17, 15) is 4.79 Å². The number of carbonyl (C=O) groups excluding carboxylic acids is 1. The summed E-state index contributed by atoms with van der Waals surface area (Å²) >= 11 is 6.29. The van der Waals surface area contributed by atoms with E-state index in [1.54, 1.807) is 17.2 Å². The van der Waals surface area contributed by atoms with Gasteiger partial charge in [-0.25, -0.2) is 9.97 Å². The first-order valence-corrected chi connectivity index (χ1v) is 9.15. The highest BCUT2D eigenvalue weighted by Gasteiger charge is 2.20. The monoisotopic (exact) mass is 392 g/mol. The van der Waals surface area contributed by atoms with Crippen LogP contribution in [0.1, 0.15) is 17.2 Å². The molecule has 1 aliphatic rings. The third-order valence-corrected chi connectivity index (χ3v) is 5.05. The fraction of sp³-hybridized carbons (Fsp3) is 0.190. The van der Waals surface area contributed by atoms with E-state index in [2.05, 4.69) is 21.2 Å². The van der Waals surface area contributed by atoms with Crippen LogP contribution in [0, 0.1) is 12.3 Å². The second-order valence-electron chi connectivity index (χ2n) is 6.40. The number of benzene rings is 2. The molecule has 1 N–H and O–H groups in total. The van der Waals surface area contributed by atoms with E-state index in [0.717, 1.165) is 17.7 Å². The first kappa shape index (κ1) is 18.2. The molecule has 0 spiro atoms. The SMILES string of the molecule is C#Cc1ccc2nc(Nc3ccc(C4CN(C=O)CCO4)cc3)ncc2c1Cl. The minimum atomic E-state index is -0.114. The molecule has 3 aromatic rings. The molecule has 1 fully saturated rings. The van der Waals surface area contributed by atoms with E-state index in [-0.39, 0.29) is 6.10 Å². The van der Waals surface area contributed by atoms with Crippen LogP contribution in [0.4, 0.5) is 11.6 Å². The predicted octanol–water partition coefficient (Wildman–Crippen LogP) is 3.54. The maximum absolute atomic E-state index is 11.0. The van der Waals surface area contributed by atoms with Crippen molar-refractivity contribution < 1.29 is 9.53 Å². The van der Waals surface area contributed by atoms with Gasteiger partial charge in [-0.2, -0.15) is 0 Å². The number of terminal acetylenes is 1. The number of amides is 1. The van der Waals surface area contributed by atoms with Gasteiger partial charge in [0.15, 0.2) is 0 Å². The maximum atomic E-state index is 11.0. The number of halogens is 1. The number of rotatable bonds is 4. The summed E-state index contributed by atoms with van der Waals surface area (Å²) < 4.78 is 5.76. The third kappa shape index (κ3) is 3.63. The zero-order valence-corrected chi connectivity index (χ0v) is 15.7. The van der Waals surface area contributed by atoms with Gasteiger partial charge in [0.2, 0.25) is 12.4 Å². The first-order chi connectivity index (χ1) is 13.7. The van der Waals surface area contributed by atoms with Gasteiger partial charge in [0.05, 0.1) is 23.7 Å². The Morgan fingerprint density at radius 2 is 2.11 bits per heavy atom. The Morgan fingerprint density at radius 1 is 1.29 bits per heavy atom. The van der Waals surface area contributed by atoms with Crippen molar-refractivity contribution in [2.45, 2.75) is 6.10 Å². The Kier molecular flexibility index (Phi) is 5.11. The molecule has 7 heteroatoms. The molecule has 4 rings (SSSR count). The second kappa shape index (κ2) is 7.85. The zero-order valence-electron chi connectivity index (χ0n) is 14.9. The number of morpholine rings is 1. The second-order valence-corrected chi connectivity index (χ2v) is 6.78. The minimum absolute atomic E-state index is 0.114. The van der Waals surface area contributed by atoms with Crippen molar-refractivity contribution in [3.8, 4) is 12.3 Å². The number of nitrogens with one attached hydrogen (secondary N) is 1. The van der Waals surface area contributed by atoms with Crippen LogP contribution in [-0.4, -0.2) is 41.0 Å². The van der Waals surface area contributed by atoms with Gasteiger partial charge in [-0.1, -0.05) is 29.7 Å². The van der Waals surface area contributed by atoms with Gasteiger partial charge in [-0.05, 0) is 29.8 Å². The van der Waals surface area contributed by atoms with Gasteiger partial charge in [0.25, 0.3) is 0 Å². The quantitative estimate of drug-likeness (QED) is 0.543. The maximum Gasteiger partial charge on any atom is 0.227 e. The van der Waals surface area contributed by atoms with E-state index in [4.69, 9.17) is 22.8 Å². The molecule has 1 unspecified atom stereocenters. The number of carbonyl (C=O) groups is 1. The lowest BCUT2D eigenvalue weighted by molar-refractivity contribution is -0.125. The molecule has 1 amide bonds. The van der Waals surface area contributed by atoms with Gasteiger partial charge >= 0.3 is 0 Å². The Balaban J connectivity index is 1.51. The fourth-order valence-electron chi connectivity index (χ4n) is 3.12. The average Bonchev–Trinajstić information content (AvgIpc) is 2.74. The summed E-state index contributed by atoms with van der Waals surface area (Å²) in [4.78, 5) is 21.5. The van der Waals surface area contributed by atoms with Crippen molar-refractivity contribution in [3.05, 3.63) is 58.7 Å². The highest BCUT2D eigenvalue weighted by molar-refractivity contribution is 6.36. The van der Waals surface area contributed by atoms with Crippen LogP contribution in [0.15, 0.2) is 42.6 Å². The van der Waals surface area contributed by atoms with E-state index in [0.29, 0.717) is 47.1 Å². The molecule has 2 aromatic carbocycles. The van der Waals surface area contributed by atoms with Crippen LogP contribution in [0.5, 0.6) is 0 Å². The average molecular weight is 393 g/mol. The van der Waals surface area contributed by atoms with E-state index in [1.807, 2.05) is 30.3 Å². The highest BCUT2D eigenvalue weighted by atomic mass is 35.5. The topological polar surface area (TPSA) is 67.4 Å². The zero-order chi connectivity index (χ0) is 19.5. The molecule has 1 saturated heterocycles. The normalized spacial score (nSPS) is 16.6. The number of aromatic nitrogens is 2. The van der Waals surface area contributed by atoms with Gasteiger partial charge in [0, 0.05) is 29.4 Å². The lowest BCUT2D eigenvalue weighted by Crippen LogP contribution is -2.37. The van der Waals surface area contributed by atoms with Crippen LogP contribution in [0.3, 0.4) is 0 Å². The van der Waals surface area contributed by atoms with Crippen molar-refractivity contribution in [2.75, 3.05) is 25.0 Å². The molecule has 140 valence electrons. The summed E-state index contributed by atoms with van der Waals surface area (Å²) in [5, 5.41) is 4.38. The van der Waals surface area contributed by atoms with E-state index in [1.165, 1.54) is 0 Å². The Hall–Kier alpha value is -3.14. The molecule has 6 nitrogen and oxygen atoms in total. The van der Waals surface area contributed by atoms with Gasteiger partial charge < -0.3 is 15.0 Å². The lowest BCUT2D eigenvalue weighted by Gasteiger charge is -2.30. The molecule has 0 saturated carbocycles. The van der Waals surface area contributed by atoms with Crippen molar-refractivity contribution in [1.82, 2.24) is 14.9 Å². The summed E-state index contributed by atoms with van der Waals surface area (Å²) in [6.07, 6.45) is 7.85. The molecule has 0 bridgehead atoms. The number of ether oxygens (including phenoxy) is 1. The first-order valence-electron chi connectivity index (χ1n) is 8.78. The van der Waals surface area contributed by atoms with Crippen LogP contribution in [0.2, 0.25) is 5.02 Å². The molecule has 1 aromatic heterocycles. The summed E-state index contributed by atoms with van der Waals surface area (Å²) in [6, 6.07) is 11.4. The van der Waals surface area contributed by atoms with Gasteiger partial charge in [-0.15, -0.1) is 6.42 Å². The standard InChI is InChI=1S/C21H17ClN4O2/c1-2-14-5-8-18-17(20(14)22)11-23-21(25-18)24-16-6-3-15(4-7-16)19-12-26(13-27)9-10-28-19/h1,3-8,11,13,19H,9-10,12H2,(H,23,24,25). The molecule has 0 radical (unpaired) electrons. The van der Waals surface area contributed by atoms with Gasteiger partial charge in [0.1, 0.15) is 6.10 Å². The lowest BCUT2D eigenvalue weighted by atomic mass is 10.1. The summed E-state index contributed by atoms with van der Waals surface area (Å²) in [7, 11) is 0. The smallest absolute Gasteiger partial charge is 0.227 e.